The number of ketones is 1. The molecule has 6 nitrogen and oxygen atoms in total. The molecule has 0 bridgehead atoms. The van der Waals surface area contributed by atoms with Crippen LogP contribution in [0.3, 0.4) is 0 Å². The lowest BCUT2D eigenvalue weighted by molar-refractivity contribution is -0.136. The van der Waals surface area contributed by atoms with Crippen molar-refractivity contribution >= 4 is 17.7 Å². The van der Waals surface area contributed by atoms with Gasteiger partial charge >= 0.3 is 5.97 Å². The Labute approximate surface area is 136 Å². The summed E-state index contributed by atoms with van der Waals surface area (Å²) in [7, 11) is 4.71. The van der Waals surface area contributed by atoms with Crippen LogP contribution in [-0.2, 0) is 16.6 Å². The molecule has 23 heavy (non-hydrogen) atoms. The Kier molecular flexibility index (Phi) is 4.92. The first-order chi connectivity index (χ1) is 10.8. The maximum Gasteiger partial charge on any atom is 0.354 e. The monoisotopic (exact) mass is 320 g/mol. The molecule has 1 heterocycles. The number of carbonyl (C=O) groups is 3. The van der Waals surface area contributed by atoms with E-state index in [1.165, 1.54) is 12.0 Å². The smallest absolute Gasteiger partial charge is 0.354 e. The molecule has 0 aliphatic heterocycles. The highest BCUT2D eigenvalue weighted by Crippen LogP contribution is 2.28. The van der Waals surface area contributed by atoms with Crippen LogP contribution in [0.15, 0.2) is 0 Å². The van der Waals surface area contributed by atoms with E-state index in [1.54, 1.807) is 32.5 Å². The summed E-state index contributed by atoms with van der Waals surface area (Å²) in [4.78, 5) is 38.2. The average Bonchev–Trinajstić information content (AvgIpc) is 2.66. The van der Waals surface area contributed by atoms with Gasteiger partial charge in [-0.1, -0.05) is 6.42 Å². The molecule has 0 atom stereocenters. The molecule has 2 rings (SSSR count). The molecule has 1 aromatic rings. The molecule has 0 aromatic carbocycles. The van der Waals surface area contributed by atoms with E-state index in [0.29, 0.717) is 22.5 Å². The van der Waals surface area contributed by atoms with Crippen LogP contribution in [0.2, 0.25) is 0 Å². The number of methoxy groups -OCH3 is 1. The number of Topliss-reactive ketones (excluding diaryl/α,β-unsaturated/α-hetero) is 1. The summed E-state index contributed by atoms with van der Waals surface area (Å²) < 4.78 is 6.45. The van der Waals surface area contributed by atoms with Gasteiger partial charge in [0.05, 0.1) is 13.7 Å². The topological polar surface area (TPSA) is 68.6 Å². The minimum atomic E-state index is -0.467. The first-order valence-electron chi connectivity index (χ1n) is 7.81. The third-order valence-electron chi connectivity index (χ3n) is 4.80. The zero-order chi connectivity index (χ0) is 17.3. The summed E-state index contributed by atoms with van der Waals surface area (Å²) >= 11 is 0. The summed E-state index contributed by atoms with van der Waals surface area (Å²) in [5, 5.41) is 0. The Bertz CT molecular complexity index is 656. The van der Waals surface area contributed by atoms with Gasteiger partial charge < -0.3 is 14.2 Å². The number of likely N-dealkylation sites (N-methyl/N-ethyl adjacent to an activating group) is 1. The summed E-state index contributed by atoms with van der Waals surface area (Å²) in [5.74, 6) is -0.521. The van der Waals surface area contributed by atoms with Crippen LogP contribution >= 0.6 is 0 Å². The summed E-state index contributed by atoms with van der Waals surface area (Å²) in [6.45, 7) is 3.56. The molecule has 1 aromatic heterocycles. The molecule has 1 saturated carbocycles. The first-order valence-corrected chi connectivity index (χ1v) is 7.81. The van der Waals surface area contributed by atoms with Gasteiger partial charge in [0.2, 0.25) is 5.91 Å². The van der Waals surface area contributed by atoms with Gasteiger partial charge in [-0.3, -0.25) is 9.59 Å². The average molecular weight is 320 g/mol. The van der Waals surface area contributed by atoms with E-state index in [0.717, 1.165) is 19.3 Å². The number of amides is 1. The highest BCUT2D eigenvalue weighted by molar-refractivity contribution is 6.04. The molecule has 1 amide bonds. The van der Waals surface area contributed by atoms with E-state index < -0.39 is 5.97 Å². The fraction of sp³-hybridized carbons (Fsp3) is 0.588. The number of esters is 1. The van der Waals surface area contributed by atoms with Gasteiger partial charge in [-0.2, -0.15) is 0 Å². The minimum absolute atomic E-state index is 0.0294. The second kappa shape index (κ2) is 6.56. The summed E-state index contributed by atoms with van der Waals surface area (Å²) in [6.07, 6.45) is 2.90. The van der Waals surface area contributed by atoms with Gasteiger partial charge in [0, 0.05) is 31.3 Å². The second-order valence-corrected chi connectivity index (χ2v) is 6.23. The first kappa shape index (κ1) is 17.2. The largest absolute Gasteiger partial charge is 0.464 e. The molecule has 126 valence electrons. The van der Waals surface area contributed by atoms with Crippen LogP contribution < -0.4 is 0 Å². The Morgan fingerprint density at radius 1 is 1.26 bits per heavy atom. The zero-order valence-electron chi connectivity index (χ0n) is 14.4. The number of hydrogen-bond acceptors (Lipinski definition) is 4. The van der Waals surface area contributed by atoms with E-state index >= 15 is 0 Å². The highest BCUT2D eigenvalue weighted by Gasteiger charge is 2.30. The van der Waals surface area contributed by atoms with Crippen molar-refractivity contribution in [3.63, 3.8) is 0 Å². The Hall–Kier alpha value is -2.11. The minimum Gasteiger partial charge on any atom is -0.464 e. The third kappa shape index (κ3) is 3.02. The van der Waals surface area contributed by atoms with Crippen LogP contribution in [0, 0.1) is 19.8 Å². The van der Waals surface area contributed by atoms with Crippen LogP contribution in [0.4, 0.5) is 0 Å². The van der Waals surface area contributed by atoms with E-state index in [2.05, 4.69) is 0 Å². The van der Waals surface area contributed by atoms with Crippen molar-refractivity contribution in [1.29, 1.82) is 0 Å². The standard InChI is InChI=1S/C17H24N2O4/c1-10-14(11(2)19(4)15(10)17(22)23-5)13(20)9-18(3)16(21)12-7-6-8-12/h12H,6-9H2,1-5H3. The van der Waals surface area contributed by atoms with Crippen LogP contribution in [0.5, 0.6) is 0 Å². The van der Waals surface area contributed by atoms with Gasteiger partial charge in [-0.15, -0.1) is 0 Å². The fourth-order valence-corrected chi connectivity index (χ4v) is 3.11. The molecule has 0 unspecified atom stereocenters. The number of nitrogens with zero attached hydrogens (tertiary/aromatic N) is 2. The van der Waals surface area contributed by atoms with E-state index in [1.807, 2.05) is 0 Å². The quantitative estimate of drug-likeness (QED) is 0.613. The SMILES string of the molecule is COC(=O)c1c(C)c(C(=O)CN(C)C(=O)C2CCC2)c(C)n1C. The lowest BCUT2D eigenvalue weighted by Gasteiger charge is -2.28. The Morgan fingerprint density at radius 3 is 2.35 bits per heavy atom. The van der Waals surface area contributed by atoms with Gasteiger partial charge in [0.1, 0.15) is 5.69 Å². The predicted molar refractivity (Wildman–Crippen MR) is 85.5 cm³/mol. The van der Waals surface area contributed by atoms with E-state index in [9.17, 15) is 14.4 Å². The van der Waals surface area contributed by atoms with Crippen molar-refractivity contribution in [3.05, 3.63) is 22.5 Å². The normalized spacial score (nSPS) is 14.3. The number of aromatic nitrogens is 1. The molecular weight excluding hydrogens is 296 g/mol. The van der Waals surface area contributed by atoms with Crippen LogP contribution in [-0.4, -0.2) is 47.8 Å². The van der Waals surface area contributed by atoms with Gasteiger partial charge in [0.25, 0.3) is 0 Å². The number of hydrogen-bond donors (Lipinski definition) is 0. The fourth-order valence-electron chi connectivity index (χ4n) is 3.11. The highest BCUT2D eigenvalue weighted by atomic mass is 16.5. The maximum absolute atomic E-state index is 12.6. The third-order valence-corrected chi connectivity index (χ3v) is 4.80. The van der Waals surface area contributed by atoms with Crippen LogP contribution in [0.25, 0.3) is 0 Å². The van der Waals surface area contributed by atoms with E-state index in [4.69, 9.17) is 4.74 Å². The predicted octanol–water partition coefficient (Wildman–Crippen LogP) is 1.87. The van der Waals surface area contributed by atoms with Crippen molar-refractivity contribution in [2.24, 2.45) is 13.0 Å². The Morgan fingerprint density at radius 2 is 1.87 bits per heavy atom. The van der Waals surface area contributed by atoms with Crippen molar-refractivity contribution < 1.29 is 19.1 Å². The summed E-state index contributed by atoms with van der Waals surface area (Å²) in [6, 6.07) is 0. The van der Waals surface area contributed by atoms with Crippen LogP contribution in [0.1, 0.15) is 51.4 Å². The van der Waals surface area contributed by atoms with Crippen molar-refractivity contribution in [1.82, 2.24) is 9.47 Å². The van der Waals surface area contributed by atoms with Gasteiger partial charge in [0.15, 0.2) is 5.78 Å². The number of rotatable bonds is 5. The van der Waals surface area contributed by atoms with Crippen molar-refractivity contribution in [2.75, 3.05) is 20.7 Å². The second-order valence-electron chi connectivity index (χ2n) is 6.23. The molecule has 0 N–H and O–H groups in total. The molecule has 0 saturated heterocycles. The molecule has 1 fully saturated rings. The maximum atomic E-state index is 12.6. The lowest BCUT2D eigenvalue weighted by atomic mass is 9.84. The number of ether oxygens (including phenoxy) is 1. The van der Waals surface area contributed by atoms with Crippen molar-refractivity contribution in [3.8, 4) is 0 Å². The molecule has 1 aliphatic carbocycles. The lowest BCUT2D eigenvalue weighted by Crippen LogP contribution is -2.39. The summed E-state index contributed by atoms with van der Waals surface area (Å²) in [5.41, 5.74) is 2.19. The molecular formula is C17H24N2O4. The molecule has 1 aliphatic rings. The van der Waals surface area contributed by atoms with Crippen molar-refractivity contribution in [2.45, 2.75) is 33.1 Å². The zero-order valence-corrected chi connectivity index (χ0v) is 14.4. The molecule has 6 heteroatoms. The van der Waals surface area contributed by atoms with Gasteiger partial charge in [-0.05, 0) is 32.3 Å². The van der Waals surface area contributed by atoms with E-state index in [-0.39, 0.29) is 24.2 Å². The number of carbonyl (C=O) groups excluding carboxylic acids is 3. The Balaban J connectivity index is 2.22. The molecule has 0 radical (unpaired) electrons. The molecule has 0 spiro atoms. The van der Waals surface area contributed by atoms with Gasteiger partial charge in [-0.25, -0.2) is 4.79 Å².